The van der Waals surface area contributed by atoms with Crippen LogP contribution in [-0.4, -0.2) is 52.5 Å². The highest BCUT2D eigenvalue weighted by molar-refractivity contribution is 6.30. The van der Waals surface area contributed by atoms with Crippen LogP contribution in [0.5, 0.6) is 0 Å². The molecule has 1 aliphatic heterocycles. The van der Waals surface area contributed by atoms with E-state index in [4.69, 9.17) is 11.6 Å². The molecule has 0 spiro atoms. The summed E-state index contributed by atoms with van der Waals surface area (Å²) in [4.78, 5) is 30.0. The van der Waals surface area contributed by atoms with Gasteiger partial charge in [0.25, 0.3) is 5.91 Å². The molecule has 1 saturated heterocycles. The average molecular weight is 487 g/mol. The van der Waals surface area contributed by atoms with Crippen molar-refractivity contribution >= 4 is 40.1 Å². The summed E-state index contributed by atoms with van der Waals surface area (Å²) in [6, 6.07) is 25.2. The molecule has 178 valence electrons. The van der Waals surface area contributed by atoms with E-state index in [0.717, 1.165) is 17.3 Å². The molecule has 35 heavy (non-hydrogen) atoms. The third kappa shape index (κ3) is 5.17. The SMILES string of the molecule is O=C(Nc1cccc(Cl)c1)N1CCCN(C(=O)c2cn(Cc3ccccc3)c3ccccc23)CC1. The Morgan fingerprint density at radius 3 is 2.40 bits per heavy atom. The van der Waals surface area contributed by atoms with Gasteiger partial charge in [-0.2, -0.15) is 0 Å². The van der Waals surface area contributed by atoms with Crippen molar-refractivity contribution < 1.29 is 9.59 Å². The first kappa shape index (κ1) is 23.0. The van der Waals surface area contributed by atoms with Crippen LogP contribution in [0.15, 0.2) is 85.1 Å². The van der Waals surface area contributed by atoms with Crippen LogP contribution in [-0.2, 0) is 6.54 Å². The summed E-state index contributed by atoms with van der Waals surface area (Å²) in [6.07, 6.45) is 2.69. The molecule has 0 saturated carbocycles. The van der Waals surface area contributed by atoms with Crippen molar-refractivity contribution in [2.24, 2.45) is 0 Å². The number of benzene rings is 3. The van der Waals surface area contributed by atoms with Gasteiger partial charge in [0.1, 0.15) is 0 Å². The molecular formula is C28H27ClN4O2. The molecule has 6 nitrogen and oxygen atoms in total. The average Bonchev–Trinajstić information content (AvgIpc) is 3.05. The van der Waals surface area contributed by atoms with Gasteiger partial charge in [0.05, 0.1) is 5.56 Å². The molecule has 1 N–H and O–H groups in total. The van der Waals surface area contributed by atoms with Crippen molar-refractivity contribution in [1.82, 2.24) is 14.4 Å². The molecule has 7 heteroatoms. The summed E-state index contributed by atoms with van der Waals surface area (Å²) in [6.45, 7) is 2.86. The van der Waals surface area contributed by atoms with Gasteiger partial charge in [-0.25, -0.2) is 4.79 Å². The minimum absolute atomic E-state index is 0.00473. The molecule has 3 aromatic carbocycles. The van der Waals surface area contributed by atoms with E-state index in [1.54, 1.807) is 23.1 Å². The number of fused-ring (bicyclic) bond motifs is 1. The minimum Gasteiger partial charge on any atom is -0.342 e. The van der Waals surface area contributed by atoms with Gasteiger partial charge in [-0.05, 0) is 36.2 Å². The third-order valence-corrected chi connectivity index (χ3v) is 6.60. The van der Waals surface area contributed by atoms with Gasteiger partial charge in [0.2, 0.25) is 0 Å². The van der Waals surface area contributed by atoms with Crippen molar-refractivity contribution in [2.45, 2.75) is 13.0 Å². The largest absolute Gasteiger partial charge is 0.342 e. The van der Waals surface area contributed by atoms with E-state index in [-0.39, 0.29) is 11.9 Å². The Morgan fingerprint density at radius 2 is 1.57 bits per heavy atom. The quantitative estimate of drug-likeness (QED) is 0.401. The number of carbonyl (C=O) groups excluding carboxylic acids is 2. The third-order valence-electron chi connectivity index (χ3n) is 6.36. The van der Waals surface area contributed by atoms with Gasteiger partial charge >= 0.3 is 6.03 Å². The first-order valence-electron chi connectivity index (χ1n) is 11.8. The maximum absolute atomic E-state index is 13.6. The van der Waals surface area contributed by atoms with Crippen molar-refractivity contribution in [3.8, 4) is 0 Å². The number of hydrogen-bond donors (Lipinski definition) is 1. The molecule has 1 aliphatic rings. The fourth-order valence-electron chi connectivity index (χ4n) is 4.59. The highest BCUT2D eigenvalue weighted by Crippen LogP contribution is 2.24. The van der Waals surface area contributed by atoms with Gasteiger partial charge in [-0.3, -0.25) is 4.79 Å². The Labute approximate surface area is 209 Å². The van der Waals surface area contributed by atoms with Crippen molar-refractivity contribution in [3.63, 3.8) is 0 Å². The van der Waals surface area contributed by atoms with E-state index in [1.807, 2.05) is 53.6 Å². The van der Waals surface area contributed by atoms with Gasteiger partial charge in [-0.1, -0.05) is 66.2 Å². The zero-order chi connectivity index (χ0) is 24.2. The number of hydrogen-bond acceptors (Lipinski definition) is 2. The fourth-order valence-corrected chi connectivity index (χ4v) is 4.78. The number of nitrogens with one attached hydrogen (secondary N) is 1. The molecule has 2 heterocycles. The zero-order valence-corrected chi connectivity index (χ0v) is 20.1. The van der Waals surface area contributed by atoms with Crippen molar-refractivity contribution in [2.75, 3.05) is 31.5 Å². The maximum Gasteiger partial charge on any atom is 0.321 e. The Kier molecular flexibility index (Phi) is 6.73. The second-order valence-corrected chi connectivity index (χ2v) is 9.18. The van der Waals surface area contributed by atoms with Crippen LogP contribution in [0.3, 0.4) is 0 Å². The normalized spacial score (nSPS) is 14.1. The van der Waals surface area contributed by atoms with Crippen molar-refractivity contribution in [1.29, 1.82) is 0 Å². The second kappa shape index (κ2) is 10.2. The van der Waals surface area contributed by atoms with Crippen LogP contribution in [0.4, 0.5) is 10.5 Å². The topological polar surface area (TPSA) is 57.6 Å². The van der Waals surface area contributed by atoms with E-state index < -0.39 is 0 Å². The number of nitrogens with zero attached hydrogens (tertiary/aromatic N) is 3. The lowest BCUT2D eigenvalue weighted by atomic mass is 10.1. The Balaban J connectivity index is 1.31. The Hall–Kier alpha value is -3.77. The summed E-state index contributed by atoms with van der Waals surface area (Å²) in [5, 5.41) is 4.43. The summed E-state index contributed by atoms with van der Waals surface area (Å²) < 4.78 is 2.14. The lowest BCUT2D eigenvalue weighted by Gasteiger charge is -2.22. The van der Waals surface area contributed by atoms with E-state index in [9.17, 15) is 9.59 Å². The summed E-state index contributed by atoms with van der Waals surface area (Å²) in [5.41, 5.74) is 3.58. The van der Waals surface area contributed by atoms with E-state index in [0.29, 0.717) is 49.0 Å². The summed E-state index contributed by atoms with van der Waals surface area (Å²) >= 11 is 6.03. The number of rotatable bonds is 4. The number of carbonyl (C=O) groups is 2. The first-order valence-corrected chi connectivity index (χ1v) is 12.2. The fraction of sp³-hybridized carbons (Fsp3) is 0.214. The van der Waals surface area contributed by atoms with Crippen molar-refractivity contribution in [3.05, 3.63) is 101 Å². The van der Waals surface area contributed by atoms with Crippen LogP contribution in [0.2, 0.25) is 5.02 Å². The predicted octanol–water partition coefficient (Wildman–Crippen LogP) is 5.72. The van der Waals surface area contributed by atoms with Crippen LogP contribution >= 0.6 is 11.6 Å². The Morgan fingerprint density at radius 1 is 0.829 bits per heavy atom. The summed E-state index contributed by atoms with van der Waals surface area (Å²) in [5.74, 6) is 0.00473. The molecule has 1 fully saturated rings. The molecule has 4 aromatic rings. The van der Waals surface area contributed by atoms with Gasteiger partial charge in [-0.15, -0.1) is 0 Å². The number of aromatic nitrogens is 1. The number of anilines is 1. The molecule has 0 unspecified atom stereocenters. The van der Waals surface area contributed by atoms with E-state index >= 15 is 0 Å². The lowest BCUT2D eigenvalue weighted by Crippen LogP contribution is -2.39. The van der Waals surface area contributed by atoms with E-state index in [1.165, 1.54) is 5.56 Å². The summed E-state index contributed by atoms with van der Waals surface area (Å²) in [7, 11) is 0. The van der Waals surface area contributed by atoms with Crippen LogP contribution in [0.25, 0.3) is 10.9 Å². The molecule has 5 rings (SSSR count). The molecule has 0 aliphatic carbocycles. The highest BCUT2D eigenvalue weighted by atomic mass is 35.5. The van der Waals surface area contributed by atoms with Crippen LogP contribution < -0.4 is 5.32 Å². The predicted molar refractivity (Wildman–Crippen MR) is 140 cm³/mol. The van der Waals surface area contributed by atoms with Gasteiger partial charge < -0.3 is 19.7 Å². The second-order valence-electron chi connectivity index (χ2n) is 8.75. The van der Waals surface area contributed by atoms with Gasteiger partial charge in [0.15, 0.2) is 0 Å². The zero-order valence-electron chi connectivity index (χ0n) is 19.4. The monoisotopic (exact) mass is 486 g/mol. The Bertz CT molecular complexity index is 1350. The maximum atomic E-state index is 13.6. The highest BCUT2D eigenvalue weighted by Gasteiger charge is 2.25. The first-order chi connectivity index (χ1) is 17.1. The molecular weight excluding hydrogens is 460 g/mol. The number of halogens is 1. The lowest BCUT2D eigenvalue weighted by molar-refractivity contribution is 0.0764. The van der Waals surface area contributed by atoms with E-state index in [2.05, 4.69) is 28.1 Å². The minimum atomic E-state index is -0.180. The number of urea groups is 1. The smallest absolute Gasteiger partial charge is 0.321 e. The molecule has 1 aromatic heterocycles. The molecule has 0 atom stereocenters. The standard InChI is InChI=1S/C28H27ClN4O2/c29-22-10-6-11-23(18-22)30-28(35)32-15-7-14-31(16-17-32)27(34)25-20-33(19-21-8-2-1-3-9-21)26-13-5-4-12-24(25)26/h1-6,8-13,18,20H,7,14-17,19H2,(H,30,35). The molecule has 3 amide bonds. The van der Waals surface area contributed by atoms with Gasteiger partial charge in [0, 0.05) is 60.5 Å². The number of para-hydroxylation sites is 1. The van der Waals surface area contributed by atoms with Crippen LogP contribution in [0.1, 0.15) is 22.3 Å². The molecule has 0 bridgehead atoms. The number of amides is 3. The van der Waals surface area contributed by atoms with Crippen LogP contribution in [0, 0.1) is 0 Å². The molecule has 0 radical (unpaired) electrons.